The van der Waals surface area contributed by atoms with E-state index in [1.54, 1.807) is 0 Å². The van der Waals surface area contributed by atoms with E-state index in [0.29, 0.717) is 0 Å². The Kier molecular flexibility index (Phi) is 4.20. The summed E-state index contributed by atoms with van der Waals surface area (Å²) in [5.41, 5.74) is 4.17. The minimum absolute atomic E-state index is 0.735. The molecule has 3 heterocycles. The predicted octanol–water partition coefficient (Wildman–Crippen LogP) is 3.50. The minimum Gasteiger partial charge on any atom is -0.300 e. The van der Waals surface area contributed by atoms with Crippen LogP contribution in [0, 0.1) is 6.92 Å². The van der Waals surface area contributed by atoms with Crippen LogP contribution in [0.3, 0.4) is 0 Å². The van der Waals surface area contributed by atoms with Gasteiger partial charge in [0.05, 0.1) is 11.4 Å². The van der Waals surface area contributed by atoms with Gasteiger partial charge in [-0.1, -0.05) is 13.8 Å². The van der Waals surface area contributed by atoms with Crippen LogP contribution in [0.5, 0.6) is 0 Å². The Labute approximate surface area is 143 Å². The van der Waals surface area contributed by atoms with Crippen LogP contribution in [0.1, 0.15) is 56.1 Å². The van der Waals surface area contributed by atoms with E-state index in [-0.39, 0.29) is 0 Å². The van der Waals surface area contributed by atoms with Crippen molar-refractivity contribution in [3.05, 3.63) is 22.5 Å². The fourth-order valence-electron chi connectivity index (χ4n) is 4.10. The maximum Gasteiger partial charge on any atom is 0.194 e. The average molecular weight is 333 g/mol. The van der Waals surface area contributed by atoms with E-state index in [4.69, 9.17) is 4.98 Å². The number of aromatic nitrogens is 2. The third kappa shape index (κ3) is 2.83. The summed E-state index contributed by atoms with van der Waals surface area (Å²) in [4.78, 5) is 11.3. The van der Waals surface area contributed by atoms with Gasteiger partial charge in [-0.05, 0) is 39.3 Å². The van der Waals surface area contributed by atoms with Gasteiger partial charge in [0.1, 0.15) is 0 Å². The van der Waals surface area contributed by atoms with Crippen LogP contribution < -0.4 is 0 Å². The van der Waals surface area contributed by atoms with E-state index in [9.17, 15) is 0 Å². The van der Waals surface area contributed by atoms with E-state index in [0.717, 1.165) is 18.5 Å². The van der Waals surface area contributed by atoms with E-state index >= 15 is 0 Å². The van der Waals surface area contributed by atoms with Crippen LogP contribution in [-0.4, -0.2) is 51.4 Å². The van der Waals surface area contributed by atoms with Gasteiger partial charge in [0.25, 0.3) is 0 Å². The van der Waals surface area contributed by atoms with Gasteiger partial charge in [-0.25, -0.2) is 4.98 Å². The number of rotatable bonds is 6. The number of fused-ring (bicyclic) bond motifs is 1. The Morgan fingerprint density at radius 2 is 2.04 bits per heavy atom. The van der Waals surface area contributed by atoms with E-state index in [2.05, 4.69) is 40.4 Å². The monoisotopic (exact) mass is 332 g/mol. The molecule has 1 atom stereocenters. The number of imidazole rings is 1. The number of thiazole rings is 1. The molecule has 126 valence electrons. The largest absolute Gasteiger partial charge is 0.300 e. The highest BCUT2D eigenvalue weighted by Gasteiger charge is 2.31. The standard InChI is InChI=1S/C18H28N4S/c1-4-21(5-2)15-8-9-20(10-15)11-16-13(3)19-18-22(16)17(12-23-18)14-6-7-14/h12,14-15H,4-11H2,1-3H3. The number of aryl methyl sites for hydroxylation is 1. The zero-order valence-corrected chi connectivity index (χ0v) is 15.4. The van der Waals surface area contributed by atoms with Gasteiger partial charge in [0.15, 0.2) is 4.96 Å². The summed E-state index contributed by atoms with van der Waals surface area (Å²) >= 11 is 1.81. The predicted molar refractivity (Wildman–Crippen MR) is 96.4 cm³/mol. The van der Waals surface area contributed by atoms with Gasteiger partial charge in [-0.15, -0.1) is 11.3 Å². The summed E-state index contributed by atoms with van der Waals surface area (Å²) < 4.78 is 2.47. The summed E-state index contributed by atoms with van der Waals surface area (Å²) in [6, 6.07) is 0.735. The maximum atomic E-state index is 4.82. The maximum absolute atomic E-state index is 4.82. The highest BCUT2D eigenvalue weighted by atomic mass is 32.1. The Bertz CT molecular complexity index is 681. The fourth-order valence-corrected chi connectivity index (χ4v) is 5.13. The Morgan fingerprint density at radius 3 is 2.74 bits per heavy atom. The molecule has 2 aromatic heterocycles. The van der Waals surface area contributed by atoms with Crippen LogP contribution in [0.2, 0.25) is 0 Å². The molecule has 2 aliphatic rings. The lowest BCUT2D eigenvalue weighted by Gasteiger charge is -2.26. The second-order valence-corrected chi connectivity index (χ2v) is 7.93. The second-order valence-electron chi connectivity index (χ2n) is 7.10. The molecule has 1 unspecified atom stereocenters. The molecule has 0 spiro atoms. The minimum atomic E-state index is 0.735. The Balaban J connectivity index is 1.54. The van der Waals surface area contributed by atoms with Gasteiger partial charge in [0.2, 0.25) is 0 Å². The molecule has 1 aliphatic heterocycles. The van der Waals surface area contributed by atoms with Gasteiger partial charge >= 0.3 is 0 Å². The fraction of sp³-hybridized carbons (Fsp3) is 0.722. The number of hydrogen-bond acceptors (Lipinski definition) is 4. The normalized spacial score (nSPS) is 22.7. The first-order valence-electron chi connectivity index (χ1n) is 9.13. The average Bonchev–Trinajstić information content (AvgIpc) is 3.02. The molecule has 0 bridgehead atoms. The van der Waals surface area contributed by atoms with Crippen molar-refractivity contribution in [1.82, 2.24) is 19.2 Å². The molecule has 5 heteroatoms. The van der Waals surface area contributed by atoms with Crippen molar-refractivity contribution in [2.75, 3.05) is 26.2 Å². The molecule has 4 nitrogen and oxygen atoms in total. The summed E-state index contributed by atoms with van der Waals surface area (Å²) in [7, 11) is 0. The lowest BCUT2D eigenvalue weighted by Crippen LogP contribution is -2.37. The van der Waals surface area contributed by atoms with Crippen LogP contribution in [0.25, 0.3) is 4.96 Å². The molecule has 1 saturated heterocycles. The summed E-state index contributed by atoms with van der Waals surface area (Å²) in [6.07, 6.45) is 4.02. The van der Waals surface area contributed by atoms with Gasteiger partial charge in [0, 0.05) is 42.7 Å². The van der Waals surface area contributed by atoms with Crippen molar-refractivity contribution >= 4 is 16.3 Å². The van der Waals surface area contributed by atoms with Gasteiger partial charge in [-0.3, -0.25) is 14.2 Å². The van der Waals surface area contributed by atoms with Crippen molar-refractivity contribution < 1.29 is 0 Å². The van der Waals surface area contributed by atoms with Crippen molar-refractivity contribution in [3.8, 4) is 0 Å². The molecular weight excluding hydrogens is 304 g/mol. The lowest BCUT2D eigenvalue weighted by atomic mass is 10.2. The zero-order valence-electron chi connectivity index (χ0n) is 14.6. The number of likely N-dealkylation sites (N-methyl/N-ethyl adjacent to an activating group) is 1. The highest BCUT2D eigenvalue weighted by Crippen LogP contribution is 2.42. The molecule has 23 heavy (non-hydrogen) atoms. The summed E-state index contributed by atoms with van der Waals surface area (Å²) in [6.45, 7) is 12.6. The topological polar surface area (TPSA) is 23.8 Å². The molecule has 1 saturated carbocycles. The molecule has 2 fully saturated rings. The van der Waals surface area contributed by atoms with Crippen LogP contribution in [0.15, 0.2) is 5.38 Å². The second kappa shape index (κ2) is 6.19. The van der Waals surface area contributed by atoms with Gasteiger partial charge < -0.3 is 0 Å². The van der Waals surface area contributed by atoms with Crippen molar-refractivity contribution in [3.63, 3.8) is 0 Å². The third-order valence-electron chi connectivity index (χ3n) is 5.63. The van der Waals surface area contributed by atoms with E-state index in [1.807, 2.05) is 11.3 Å². The molecule has 0 amide bonds. The smallest absolute Gasteiger partial charge is 0.194 e. The molecule has 1 aliphatic carbocycles. The van der Waals surface area contributed by atoms with Crippen molar-refractivity contribution in [1.29, 1.82) is 0 Å². The zero-order chi connectivity index (χ0) is 16.0. The third-order valence-corrected chi connectivity index (χ3v) is 6.47. The quantitative estimate of drug-likeness (QED) is 0.809. The van der Waals surface area contributed by atoms with Gasteiger partial charge in [-0.2, -0.15) is 0 Å². The summed E-state index contributed by atoms with van der Waals surface area (Å²) in [5.74, 6) is 0.790. The van der Waals surface area contributed by atoms with Crippen LogP contribution >= 0.6 is 11.3 Å². The molecule has 2 aromatic rings. The van der Waals surface area contributed by atoms with Crippen LogP contribution in [-0.2, 0) is 6.54 Å². The molecule has 0 radical (unpaired) electrons. The molecular formula is C18H28N4S. The first-order valence-corrected chi connectivity index (χ1v) is 10.0. The van der Waals surface area contributed by atoms with Crippen LogP contribution in [0.4, 0.5) is 0 Å². The molecule has 0 N–H and O–H groups in total. The van der Waals surface area contributed by atoms with E-state index < -0.39 is 0 Å². The molecule has 0 aromatic carbocycles. The number of nitrogens with zero attached hydrogens (tertiary/aromatic N) is 4. The number of hydrogen-bond donors (Lipinski definition) is 0. The SMILES string of the molecule is CCN(CC)C1CCN(Cc2c(C)nc3scc(C4CC4)n23)C1. The Hall–Kier alpha value is -0.910. The number of likely N-dealkylation sites (tertiary alicyclic amines) is 1. The summed E-state index contributed by atoms with van der Waals surface area (Å²) in [5, 5.41) is 2.34. The first kappa shape index (κ1) is 15.6. The Morgan fingerprint density at radius 1 is 1.26 bits per heavy atom. The first-order chi connectivity index (χ1) is 11.2. The lowest BCUT2D eigenvalue weighted by molar-refractivity contribution is 0.208. The van der Waals surface area contributed by atoms with Crippen molar-refractivity contribution in [2.45, 2.75) is 58.5 Å². The van der Waals surface area contributed by atoms with E-state index in [1.165, 1.54) is 67.5 Å². The molecule has 4 rings (SSSR count). The van der Waals surface area contributed by atoms with Crippen molar-refractivity contribution in [2.24, 2.45) is 0 Å². The highest BCUT2D eigenvalue weighted by molar-refractivity contribution is 7.15.